The third kappa shape index (κ3) is 1.95. The first-order valence-electron chi connectivity index (χ1n) is 5.45. The molecule has 2 nitrogen and oxygen atoms in total. The second-order valence-corrected chi connectivity index (χ2v) is 4.90. The molecular formula is C14H14BrNO. The summed E-state index contributed by atoms with van der Waals surface area (Å²) in [6, 6.07) is 10.1. The van der Waals surface area contributed by atoms with Crippen LogP contribution in [0.5, 0.6) is 0 Å². The molecule has 88 valence electrons. The number of carbonyl (C=O) groups is 1. The van der Waals surface area contributed by atoms with Crippen molar-refractivity contribution in [2.75, 3.05) is 0 Å². The van der Waals surface area contributed by atoms with Gasteiger partial charge in [-0.15, -0.1) is 0 Å². The molecule has 0 N–H and O–H groups in total. The summed E-state index contributed by atoms with van der Waals surface area (Å²) in [4.78, 5) is 11.6. The molecule has 2 aromatic rings. The Morgan fingerprint density at radius 1 is 1.24 bits per heavy atom. The number of aromatic nitrogens is 1. The number of halogens is 1. The summed E-state index contributed by atoms with van der Waals surface area (Å²) in [5.41, 5.74) is 3.92. The average molecular weight is 292 g/mol. The number of hydrogen-bond donors (Lipinski definition) is 0. The third-order valence-corrected chi connectivity index (χ3v) is 3.80. The first-order valence-corrected chi connectivity index (χ1v) is 6.24. The summed E-state index contributed by atoms with van der Waals surface area (Å²) >= 11 is 3.55. The second-order valence-electron chi connectivity index (χ2n) is 4.10. The highest BCUT2D eigenvalue weighted by atomic mass is 79.9. The maximum absolute atomic E-state index is 11.6. The van der Waals surface area contributed by atoms with Crippen LogP contribution in [-0.4, -0.2) is 10.4 Å². The van der Waals surface area contributed by atoms with Crippen molar-refractivity contribution in [3.63, 3.8) is 0 Å². The van der Waals surface area contributed by atoms with E-state index in [4.69, 9.17) is 0 Å². The van der Waals surface area contributed by atoms with Crippen molar-refractivity contribution in [2.24, 2.45) is 7.05 Å². The minimum absolute atomic E-state index is 0.0900. The topological polar surface area (TPSA) is 22.0 Å². The second kappa shape index (κ2) is 4.49. The average Bonchev–Trinajstić information content (AvgIpc) is 2.51. The van der Waals surface area contributed by atoms with E-state index in [1.54, 1.807) is 6.92 Å². The molecule has 0 fully saturated rings. The molecule has 0 unspecified atom stereocenters. The number of Topliss-reactive ketones (excluding diaryl/α,β-unsaturated/α-hetero) is 1. The zero-order chi connectivity index (χ0) is 12.6. The first kappa shape index (κ1) is 12.1. The lowest BCUT2D eigenvalue weighted by atomic mass is 10.1. The van der Waals surface area contributed by atoms with Crippen LogP contribution in [-0.2, 0) is 7.05 Å². The highest BCUT2D eigenvalue weighted by molar-refractivity contribution is 9.10. The maximum Gasteiger partial charge on any atom is 0.162 e. The maximum atomic E-state index is 11.6. The SMILES string of the molecule is CC(=O)c1c(Br)c(-c2ccccc2)n(C)c1C. The monoisotopic (exact) mass is 291 g/mol. The molecule has 0 aliphatic carbocycles. The Hall–Kier alpha value is -1.35. The molecule has 0 aliphatic heterocycles. The molecule has 0 bridgehead atoms. The van der Waals surface area contributed by atoms with E-state index in [0.717, 1.165) is 27.0 Å². The lowest BCUT2D eigenvalue weighted by Gasteiger charge is -2.05. The Kier molecular flexibility index (Phi) is 3.20. The molecule has 2 rings (SSSR count). The van der Waals surface area contributed by atoms with Crippen LogP contribution in [0, 0.1) is 6.92 Å². The van der Waals surface area contributed by atoms with Crippen molar-refractivity contribution in [2.45, 2.75) is 13.8 Å². The molecule has 0 spiro atoms. The number of rotatable bonds is 2. The van der Waals surface area contributed by atoms with Crippen LogP contribution in [0.1, 0.15) is 23.0 Å². The number of hydrogen-bond acceptors (Lipinski definition) is 1. The molecule has 1 aromatic heterocycles. The van der Waals surface area contributed by atoms with Crippen molar-refractivity contribution in [1.82, 2.24) is 4.57 Å². The molecular weight excluding hydrogens is 278 g/mol. The van der Waals surface area contributed by atoms with Crippen LogP contribution in [0.25, 0.3) is 11.3 Å². The predicted molar refractivity (Wildman–Crippen MR) is 73.3 cm³/mol. The smallest absolute Gasteiger partial charge is 0.162 e. The third-order valence-electron chi connectivity index (χ3n) is 3.03. The molecule has 0 aliphatic rings. The van der Waals surface area contributed by atoms with Crippen molar-refractivity contribution in [3.05, 3.63) is 46.1 Å². The Balaban J connectivity index is 2.72. The van der Waals surface area contributed by atoms with E-state index in [2.05, 4.69) is 20.5 Å². The molecule has 0 radical (unpaired) electrons. The summed E-state index contributed by atoms with van der Waals surface area (Å²) < 4.78 is 2.94. The van der Waals surface area contributed by atoms with Crippen molar-refractivity contribution in [1.29, 1.82) is 0 Å². The van der Waals surface area contributed by atoms with Crippen molar-refractivity contribution >= 4 is 21.7 Å². The van der Waals surface area contributed by atoms with Gasteiger partial charge in [-0.3, -0.25) is 4.79 Å². The van der Waals surface area contributed by atoms with Gasteiger partial charge in [0, 0.05) is 12.7 Å². The Bertz CT molecular complexity index is 570. The Labute approximate surface area is 109 Å². The van der Waals surface area contributed by atoms with Gasteiger partial charge in [-0.2, -0.15) is 0 Å². The molecule has 1 aromatic carbocycles. The normalized spacial score (nSPS) is 10.6. The van der Waals surface area contributed by atoms with Crippen molar-refractivity contribution in [3.8, 4) is 11.3 Å². The van der Waals surface area contributed by atoms with Crippen LogP contribution in [0.3, 0.4) is 0 Å². The van der Waals surface area contributed by atoms with Crippen LogP contribution in [0.2, 0.25) is 0 Å². The number of carbonyl (C=O) groups excluding carboxylic acids is 1. The Morgan fingerprint density at radius 3 is 2.29 bits per heavy atom. The summed E-state index contributed by atoms with van der Waals surface area (Å²) in [5.74, 6) is 0.0900. The van der Waals surface area contributed by atoms with E-state index < -0.39 is 0 Å². The van der Waals surface area contributed by atoms with Crippen LogP contribution in [0.15, 0.2) is 34.8 Å². The fourth-order valence-electron chi connectivity index (χ4n) is 2.09. The van der Waals surface area contributed by atoms with E-state index in [0.29, 0.717) is 0 Å². The molecule has 0 saturated carbocycles. The number of benzene rings is 1. The number of ketones is 1. The lowest BCUT2D eigenvalue weighted by Crippen LogP contribution is -1.97. The quantitative estimate of drug-likeness (QED) is 0.768. The zero-order valence-corrected chi connectivity index (χ0v) is 11.7. The minimum Gasteiger partial charge on any atom is -0.346 e. The summed E-state index contributed by atoms with van der Waals surface area (Å²) in [6.07, 6.45) is 0. The van der Waals surface area contributed by atoms with Crippen molar-refractivity contribution < 1.29 is 4.79 Å². The fourth-order valence-corrected chi connectivity index (χ4v) is 3.15. The molecule has 0 amide bonds. The number of nitrogens with zero attached hydrogens (tertiary/aromatic N) is 1. The fraction of sp³-hybridized carbons (Fsp3) is 0.214. The van der Waals surface area contributed by atoms with Crippen LogP contribution >= 0.6 is 15.9 Å². The van der Waals surface area contributed by atoms with E-state index in [1.165, 1.54) is 0 Å². The van der Waals surface area contributed by atoms with Gasteiger partial charge >= 0.3 is 0 Å². The van der Waals surface area contributed by atoms with Gasteiger partial charge in [0.25, 0.3) is 0 Å². The summed E-state index contributed by atoms with van der Waals surface area (Å²) in [6.45, 7) is 3.57. The highest BCUT2D eigenvalue weighted by Crippen LogP contribution is 2.35. The predicted octanol–water partition coefficient (Wildman–Crippen LogP) is 3.97. The minimum atomic E-state index is 0.0900. The van der Waals surface area contributed by atoms with Gasteiger partial charge in [-0.25, -0.2) is 0 Å². The summed E-state index contributed by atoms with van der Waals surface area (Å²) in [5, 5.41) is 0. The van der Waals surface area contributed by atoms with Gasteiger partial charge in [0.2, 0.25) is 0 Å². The van der Waals surface area contributed by atoms with Gasteiger partial charge in [0.15, 0.2) is 5.78 Å². The molecule has 0 saturated heterocycles. The van der Waals surface area contributed by atoms with E-state index >= 15 is 0 Å². The van der Waals surface area contributed by atoms with Gasteiger partial charge in [-0.1, -0.05) is 30.3 Å². The van der Waals surface area contributed by atoms with E-state index in [-0.39, 0.29) is 5.78 Å². The molecule has 3 heteroatoms. The lowest BCUT2D eigenvalue weighted by molar-refractivity contribution is 0.101. The summed E-state index contributed by atoms with van der Waals surface area (Å²) in [7, 11) is 1.98. The standard InChI is InChI=1S/C14H14BrNO/c1-9-12(10(2)17)13(15)14(16(9)3)11-7-5-4-6-8-11/h4-8H,1-3H3. The van der Waals surface area contributed by atoms with Crippen LogP contribution < -0.4 is 0 Å². The van der Waals surface area contributed by atoms with E-state index in [1.807, 2.05) is 44.3 Å². The zero-order valence-electron chi connectivity index (χ0n) is 10.1. The van der Waals surface area contributed by atoms with Gasteiger partial charge in [0.1, 0.15) is 0 Å². The molecule has 0 atom stereocenters. The van der Waals surface area contributed by atoms with E-state index in [9.17, 15) is 4.79 Å². The van der Waals surface area contributed by atoms with Gasteiger partial charge in [0.05, 0.1) is 15.7 Å². The molecule has 1 heterocycles. The highest BCUT2D eigenvalue weighted by Gasteiger charge is 2.20. The van der Waals surface area contributed by atoms with Gasteiger partial charge in [-0.05, 0) is 35.3 Å². The first-order chi connectivity index (χ1) is 8.04. The van der Waals surface area contributed by atoms with Crippen LogP contribution in [0.4, 0.5) is 0 Å². The largest absolute Gasteiger partial charge is 0.346 e. The Morgan fingerprint density at radius 2 is 1.82 bits per heavy atom. The molecule has 17 heavy (non-hydrogen) atoms. The van der Waals surface area contributed by atoms with Gasteiger partial charge < -0.3 is 4.57 Å².